The molecule has 3 fully saturated rings. The highest BCUT2D eigenvalue weighted by Gasteiger charge is 2.40. The summed E-state index contributed by atoms with van der Waals surface area (Å²) in [5, 5.41) is 5.06. The fourth-order valence-electron chi connectivity index (χ4n) is 3.80. The maximum Gasteiger partial charge on any atom is 0.270 e. The number of halogens is 1. The number of rotatable bonds is 2. The number of nitrogens with one attached hydrogen (secondary N) is 1. The van der Waals surface area contributed by atoms with Crippen LogP contribution in [0.4, 0.5) is 4.39 Å². The maximum atomic E-state index is 13.7. The topological polar surface area (TPSA) is 45.2 Å². The first-order valence-electron chi connectivity index (χ1n) is 7.71. The second-order valence-corrected chi connectivity index (χ2v) is 7.17. The molecule has 0 aromatic carbocycles. The van der Waals surface area contributed by atoms with Gasteiger partial charge in [-0.15, -0.1) is 11.3 Å². The molecular formula is C16H18FN3OS. The molecule has 22 heavy (non-hydrogen) atoms. The zero-order valence-electron chi connectivity index (χ0n) is 12.4. The summed E-state index contributed by atoms with van der Waals surface area (Å²) in [6.45, 7) is 4.43. The van der Waals surface area contributed by atoms with Gasteiger partial charge in [-0.3, -0.25) is 9.69 Å². The number of carbonyl (C=O) groups is 1. The molecule has 2 bridgehead atoms. The van der Waals surface area contributed by atoms with Crippen molar-refractivity contribution in [2.24, 2.45) is 5.92 Å². The number of pyridine rings is 1. The van der Waals surface area contributed by atoms with Crippen LogP contribution in [0.15, 0.2) is 17.6 Å². The third kappa shape index (κ3) is 2.21. The first-order chi connectivity index (χ1) is 10.6. The molecule has 1 N–H and O–H groups in total. The first-order valence-corrected chi connectivity index (χ1v) is 8.59. The van der Waals surface area contributed by atoms with E-state index in [1.165, 1.54) is 16.7 Å². The van der Waals surface area contributed by atoms with Gasteiger partial charge in [0.2, 0.25) is 0 Å². The number of hydrogen-bond donors (Lipinski definition) is 1. The minimum Gasteiger partial charge on any atom is -0.346 e. The van der Waals surface area contributed by atoms with Crippen LogP contribution in [-0.4, -0.2) is 41.0 Å². The number of carbonyl (C=O) groups excluding carboxylic acids is 1. The molecule has 5 rings (SSSR count). The standard InChI is InChI=1S/C16H18FN3OS/c1-9-15(10-2-4-20(9)5-3-10)19-16(21)13-6-11-12(17)8-22-14(11)7-18-13/h6-10,15H,2-5H2,1H3,(H,19,21)/t9-,15-/m0/s1. The van der Waals surface area contributed by atoms with Gasteiger partial charge in [-0.2, -0.15) is 0 Å². The van der Waals surface area contributed by atoms with Gasteiger partial charge in [-0.05, 0) is 44.8 Å². The number of fused-ring (bicyclic) bond motifs is 4. The van der Waals surface area contributed by atoms with E-state index >= 15 is 0 Å². The molecule has 0 unspecified atom stereocenters. The predicted molar refractivity (Wildman–Crippen MR) is 84.6 cm³/mol. The smallest absolute Gasteiger partial charge is 0.270 e. The average molecular weight is 319 g/mol. The van der Waals surface area contributed by atoms with E-state index in [1.807, 2.05) is 0 Å². The Labute approximate surface area is 132 Å². The van der Waals surface area contributed by atoms with Crippen LogP contribution >= 0.6 is 11.3 Å². The molecule has 1 amide bonds. The highest BCUT2D eigenvalue weighted by atomic mass is 32.1. The van der Waals surface area contributed by atoms with Crippen molar-refractivity contribution in [3.8, 4) is 0 Å². The Morgan fingerprint density at radius 3 is 2.95 bits per heavy atom. The number of nitrogens with zero attached hydrogens (tertiary/aromatic N) is 2. The molecule has 3 aliphatic rings. The molecule has 0 spiro atoms. The van der Waals surface area contributed by atoms with Gasteiger partial charge in [0, 0.05) is 29.0 Å². The third-order valence-electron chi connectivity index (χ3n) is 5.12. The molecule has 5 heterocycles. The summed E-state index contributed by atoms with van der Waals surface area (Å²) < 4.78 is 14.4. The maximum absolute atomic E-state index is 13.7. The lowest BCUT2D eigenvalue weighted by molar-refractivity contribution is 0.0216. The fraction of sp³-hybridized carbons (Fsp3) is 0.500. The molecule has 6 heteroatoms. The quantitative estimate of drug-likeness (QED) is 0.925. The summed E-state index contributed by atoms with van der Waals surface area (Å²) in [4.78, 5) is 19.1. The van der Waals surface area contributed by atoms with Gasteiger partial charge in [0.15, 0.2) is 0 Å². The highest BCUT2D eigenvalue weighted by molar-refractivity contribution is 7.17. The van der Waals surface area contributed by atoms with Crippen molar-refractivity contribution in [1.82, 2.24) is 15.2 Å². The molecular weight excluding hydrogens is 301 g/mol. The summed E-state index contributed by atoms with van der Waals surface area (Å²) in [7, 11) is 0. The average Bonchev–Trinajstić information content (AvgIpc) is 2.92. The lowest BCUT2D eigenvalue weighted by atomic mass is 9.79. The van der Waals surface area contributed by atoms with Crippen molar-refractivity contribution in [2.45, 2.75) is 31.8 Å². The van der Waals surface area contributed by atoms with Crippen LogP contribution in [0.3, 0.4) is 0 Å². The van der Waals surface area contributed by atoms with Gasteiger partial charge < -0.3 is 5.32 Å². The van der Waals surface area contributed by atoms with E-state index in [0.717, 1.165) is 30.6 Å². The Balaban J connectivity index is 1.57. The van der Waals surface area contributed by atoms with E-state index in [-0.39, 0.29) is 17.8 Å². The second kappa shape index (κ2) is 5.28. The van der Waals surface area contributed by atoms with Crippen LogP contribution in [0, 0.1) is 11.7 Å². The first kappa shape index (κ1) is 14.1. The van der Waals surface area contributed by atoms with Gasteiger partial charge in [0.1, 0.15) is 11.5 Å². The van der Waals surface area contributed by atoms with Crippen LogP contribution in [0.2, 0.25) is 0 Å². The Morgan fingerprint density at radius 1 is 1.45 bits per heavy atom. The van der Waals surface area contributed by atoms with Crippen LogP contribution < -0.4 is 5.32 Å². The van der Waals surface area contributed by atoms with Crippen molar-refractivity contribution >= 4 is 27.3 Å². The number of amides is 1. The molecule has 2 aromatic heterocycles. The Bertz CT molecular complexity index is 721. The summed E-state index contributed by atoms with van der Waals surface area (Å²) in [6, 6.07) is 2.08. The van der Waals surface area contributed by atoms with Crippen molar-refractivity contribution in [3.63, 3.8) is 0 Å². The van der Waals surface area contributed by atoms with E-state index in [0.29, 0.717) is 23.0 Å². The second-order valence-electron chi connectivity index (χ2n) is 6.26. The highest BCUT2D eigenvalue weighted by Crippen LogP contribution is 2.32. The van der Waals surface area contributed by atoms with Crippen molar-refractivity contribution in [2.75, 3.05) is 13.1 Å². The van der Waals surface area contributed by atoms with Gasteiger partial charge in [-0.1, -0.05) is 0 Å². The Hall–Kier alpha value is -1.53. The molecule has 116 valence electrons. The van der Waals surface area contributed by atoms with E-state index < -0.39 is 0 Å². The van der Waals surface area contributed by atoms with Crippen LogP contribution in [0.25, 0.3) is 10.1 Å². The number of thiophene rings is 1. The molecule has 2 atom stereocenters. The van der Waals surface area contributed by atoms with Crippen LogP contribution in [0.5, 0.6) is 0 Å². The lowest BCUT2D eigenvalue weighted by Crippen LogP contribution is -2.62. The van der Waals surface area contributed by atoms with Crippen LogP contribution in [0.1, 0.15) is 30.3 Å². The van der Waals surface area contributed by atoms with Gasteiger partial charge in [0.25, 0.3) is 5.91 Å². The Morgan fingerprint density at radius 2 is 2.23 bits per heavy atom. The van der Waals surface area contributed by atoms with Gasteiger partial charge in [-0.25, -0.2) is 9.37 Å². The van der Waals surface area contributed by atoms with Crippen LogP contribution in [-0.2, 0) is 0 Å². The normalized spacial score (nSPS) is 30.6. The largest absolute Gasteiger partial charge is 0.346 e. The molecule has 2 aromatic rings. The molecule has 3 aliphatic heterocycles. The summed E-state index contributed by atoms with van der Waals surface area (Å²) in [6.07, 6.45) is 3.86. The zero-order chi connectivity index (χ0) is 15.3. The third-order valence-corrected chi connectivity index (χ3v) is 6.03. The molecule has 0 radical (unpaired) electrons. The fourth-order valence-corrected chi connectivity index (χ4v) is 4.55. The van der Waals surface area contributed by atoms with Crippen molar-refractivity contribution < 1.29 is 9.18 Å². The summed E-state index contributed by atoms with van der Waals surface area (Å²) in [5.41, 5.74) is 0.299. The zero-order valence-corrected chi connectivity index (χ0v) is 13.2. The van der Waals surface area contributed by atoms with Crippen molar-refractivity contribution in [1.29, 1.82) is 0 Å². The van der Waals surface area contributed by atoms with Crippen molar-refractivity contribution in [3.05, 3.63) is 29.2 Å². The van der Waals surface area contributed by atoms with Gasteiger partial charge in [0.05, 0.1) is 4.70 Å². The molecule has 0 saturated carbocycles. The molecule has 4 nitrogen and oxygen atoms in total. The van der Waals surface area contributed by atoms with E-state index in [1.54, 1.807) is 12.3 Å². The van der Waals surface area contributed by atoms with E-state index in [4.69, 9.17) is 0 Å². The van der Waals surface area contributed by atoms with E-state index in [9.17, 15) is 9.18 Å². The monoisotopic (exact) mass is 319 g/mol. The predicted octanol–water partition coefficient (Wildman–Crippen LogP) is 2.65. The SMILES string of the molecule is C[C@H]1[C@H](NC(=O)c2cc3c(F)csc3cn2)C2CCN1CC2. The minimum absolute atomic E-state index is 0.166. The lowest BCUT2D eigenvalue weighted by Gasteiger charge is -2.49. The minimum atomic E-state index is -0.285. The molecule has 0 aliphatic carbocycles. The summed E-state index contributed by atoms with van der Waals surface area (Å²) in [5.74, 6) is 0.0660. The number of hydrogen-bond acceptors (Lipinski definition) is 4. The number of piperidine rings is 3. The molecule has 3 saturated heterocycles. The summed E-state index contributed by atoms with van der Waals surface area (Å²) >= 11 is 1.30. The van der Waals surface area contributed by atoms with E-state index in [2.05, 4.69) is 22.1 Å². The Kier molecular flexibility index (Phi) is 3.38. The number of aromatic nitrogens is 1. The van der Waals surface area contributed by atoms with Gasteiger partial charge >= 0.3 is 0 Å².